The quantitative estimate of drug-likeness (QED) is 0.560. The number of alkyl halides is 3. The lowest BCUT2D eigenvalue weighted by Gasteiger charge is -2.32. The minimum absolute atomic E-state index is 0.0337. The lowest BCUT2D eigenvalue weighted by molar-refractivity contribution is -0.0701. The fourth-order valence-corrected chi connectivity index (χ4v) is 3.99. The third-order valence-corrected chi connectivity index (χ3v) is 5.75. The van der Waals surface area contributed by atoms with Crippen LogP contribution in [0.2, 0.25) is 0 Å². The van der Waals surface area contributed by atoms with Crippen molar-refractivity contribution in [1.82, 2.24) is 0 Å². The molecule has 3 aliphatic carbocycles. The first-order valence-corrected chi connectivity index (χ1v) is 9.25. The summed E-state index contributed by atoms with van der Waals surface area (Å²) in [4.78, 5) is 0. The Morgan fingerprint density at radius 1 is 1.21 bits per heavy atom. The zero-order valence-electron chi connectivity index (χ0n) is 14.5. The van der Waals surface area contributed by atoms with Crippen LogP contribution < -0.4 is 0 Å². The largest absolute Gasteiger partial charge is 0.463 e. The second kappa shape index (κ2) is 6.97. The van der Waals surface area contributed by atoms with Crippen LogP contribution in [0.4, 0.5) is 13.2 Å². The Kier molecular flexibility index (Phi) is 5.12. The molecule has 1 fully saturated rings. The van der Waals surface area contributed by atoms with Crippen LogP contribution in [0.5, 0.6) is 0 Å². The van der Waals surface area contributed by atoms with Crippen LogP contribution in [0, 0.1) is 23.7 Å². The maximum absolute atomic E-state index is 14.6. The topological polar surface area (TPSA) is 9.23 Å². The van der Waals surface area contributed by atoms with Crippen molar-refractivity contribution in [2.45, 2.75) is 64.5 Å². The summed E-state index contributed by atoms with van der Waals surface area (Å²) in [5, 5.41) is 0. The van der Waals surface area contributed by atoms with Crippen molar-refractivity contribution in [1.29, 1.82) is 0 Å². The highest BCUT2D eigenvalue weighted by molar-refractivity contribution is 5.24. The molecule has 4 atom stereocenters. The van der Waals surface area contributed by atoms with Crippen molar-refractivity contribution >= 4 is 0 Å². The van der Waals surface area contributed by atoms with E-state index >= 15 is 0 Å². The lowest BCUT2D eigenvalue weighted by atomic mass is 9.78. The Labute approximate surface area is 142 Å². The van der Waals surface area contributed by atoms with Gasteiger partial charge in [-0.1, -0.05) is 32.4 Å². The van der Waals surface area contributed by atoms with Crippen molar-refractivity contribution in [3.8, 4) is 0 Å². The normalized spacial score (nSPS) is 33.9. The second-order valence-corrected chi connectivity index (χ2v) is 7.35. The van der Waals surface area contributed by atoms with Crippen LogP contribution in [0.25, 0.3) is 0 Å². The molecule has 1 nitrogen and oxygen atoms in total. The van der Waals surface area contributed by atoms with Crippen molar-refractivity contribution in [3.63, 3.8) is 0 Å². The first kappa shape index (κ1) is 17.6. The molecule has 4 heteroatoms. The monoisotopic (exact) mass is 340 g/mol. The summed E-state index contributed by atoms with van der Waals surface area (Å²) >= 11 is 0. The summed E-state index contributed by atoms with van der Waals surface area (Å²) in [6, 6.07) is 0. The van der Waals surface area contributed by atoms with Crippen LogP contribution in [0.1, 0.15) is 52.4 Å². The van der Waals surface area contributed by atoms with Crippen LogP contribution in [-0.4, -0.2) is 12.1 Å². The van der Waals surface area contributed by atoms with Crippen LogP contribution >= 0.6 is 0 Å². The van der Waals surface area contributed by atoms with E-state index in [1.165, 1.54) is 38.0 Å². The maximum atomic E-state index is 14.6. The molecule has 24 heavy (non-hydrogen) atoms. The molecule has 134 valence electrons. The molecule has 0 N–H and O–H groups in total. The van der Waals surface area contributed by atoms with Gasteiger partial charge in [-0.3, -0.25) is 0 Å². The van der Waals surface area contributed by atoms with E-state index in [1.54, 1.807) is 0 Å². The van der Waals surface area contributed by atoms with E-state index in [1.807, 2.05) is 0 Å². The predicted octanol–water partition coefficient (Wildman–Crippen LogP) is 6.19. The van der Waals surface area contributed by atoms with E-state index in [0.717, 1.165) is 30.9 Å². The molecule has 3 aliphatic rings. The molecular weight excluding hydrogens is 313 g/mol. The predicted molar refractivity (Wildman–Crippen MR) is 89.2 cm³/mol. The minimum atomic E-state index is -3.05. The molecule has 0 aromatic rings. The van der Waals surface area contributed by atoms with E-state index in [9.17, 15) is 13.2 Å². The number of rotatable bonds is 6. The summed E-state index contributed by atoms with van der Waals surface area (Å²) in [5.41, 5.74) is 0. The molecule has 0 aromatic carbocycles. The first-order chi connectivity index (χ1) is 11.5. The SMILES string of the molecule is CCC1CCC(OC2=CC=CC(C(F)(F)CC)C2F)=CC1C1CC1. The van der Waals surface area contributed by atoms with Gasteiger partial charge < -0.3 is 4.74 Å². The van der Waals surface area contributed by atoms with E-state index in [-0.39, 0.29) is 12.2 Å². The van der Waals surface area contributed by atoms with Gasteiger partial charge in [-0.05, 0) is 49.2 Å². The third-order valence-electron chi connectivity index (χ3n) is 5.75. The van der Waals surface area contributed by atoms with Crippen LogP contribution in [0.15, 0.2) is 35.8 Å². The molecule has 0 saturated heterocycles. The maximum Gasteiger partial charge on any atom is 0.257 e. The van der Waals surface area contributed by atoms with Gasteiger partial charge in [-0.2, -0.15) is 0 Å². The first-order valence-electron chi connectivity index (χ1n) is 9.25. The molecule has 0 aromatic heterocycles. The number of allylic oxidation sites excluding steroid dienone is 6. The number of ether oxygens (including phenoxy) is 1. The molecule has 0 heterocycles. The minimum Gasteiger partial charge on any atom is -0.463 e. The highest BCUT2D eigenvalue weighted by Gasteiger charge is 2.45. The highest BCUT2D eigenvalue weighted by atomic mass is 19.3. The molecule has 4 unspecified atom stereocenters. The van der Waals surface area contributed by atoms with Gasteiger partial charge in [0.05, 0.1) is 5.92 Å². The fourth-order valence-electron chi connectivity index (χ4n) is 3.99. The van der Waals surface area contributed by atoms with Gasteiger partial charge in [-0.25, -0.2) is 13.2 Å². The van der Waals surface area contributed by atoms with Crippen molar-refractivity contribution in [2.75, 3.05) is 0 Å². The zero-order chi connectivity index (χ0) is 17.3. The molecule has 0 bridgehead atoms. The molecule has 1 saturated carbocycles. The Morgan fingerprint density at radius 2 is 1.96 bits per heavy atom. The van der Waals surface area contributed by atoms with Gasteiger partial charge in [0.25, 0.3) is 5.92 Å². The lowest BCUT2D eigenvalue weighted by Crippen LogP contribution is -2.36. The summed E-state index contributed by atoms with van der Waals surface area (Å²) < 4.78 is 48.2. The van der Waals surface area contributed by atoms with Crippen molar-refractivity contribution < 1.29 is 17.9 Å². The number of hydrogen-bond donors (Lipinski definition) is 0. The smallest absolute Gasteiger partial charge is 0.257 e. The van der Waals surface area contributed by atoms with E-state index < -0.39 is 18.0 Å². The molecule has 3 rings (SSSR count). The summed E-state index contributed by atoms with van der Waals surface area (Å²) in [6.07, 6.45) is 9.71. The van der Waals surface area contributed by atoms with Crippen molar-refractivity contribution in [3.05, 3.63) is 35.8 Å². The molecular formula is C20H27F3O. The van der Waals surface area contributed by atoms with Gasteiger partial charge in [-0.15, -0.1) is 0 Å². The van der Waals surface area contributed by atoms with Gasteiger partial charge in [0.2, 0.25) is 0 Å². The molecule has 0 aliphatic heterocycles. The fraction of sp³-hybridized carbons (Fsp3) is 0.700. The Balaban J connectivity index is 1.71. The van der Waals surface area contributed by atoms with E-state index in [4.69, 9.17) is 4.74 Å². The van der Waals surface area contributed by atoms with Gasteiger partial charge in [0.1, 0.15) is 11.5 Å². The third kappa shape index (κ3) is 3.57. The molecule has 0 amide bonds. The Hall–Kier alpha value is -1.19. The molecule has 0 spiro atoms. The Morgan fingerprint density at radius 3 is 2.58 bits per heavy atom. The van der Waals surface area contributed by atoms with Crippen LogP contribution in [0.3, 0.4) is 0 Å². The Bertz CT molecular complexity index is 545. The number of hydrogen-bond acceptors (Lipinski definition) is 1. The average Bonchev–Trinajstić information content (AvgIpc) is 3.41. The highest BCUT2D eigenvalue weighted by Crippen LogP contribution is 2.47. The number of halogens is 3. The standard InChI is InChI=1S/C20H27F3O/c1-3-13-10-11-15(12-16(13)14-8-9-14)24-18-7-5-6-17(19(18)21)20(22,23)4-2/h5-7,12-14,16-17,19H,3-4,8-11H2,1-2H3. The van der Waals surface area contributed by atoms with Crippen LogP contribution in [-0.2, 0) is 4.74 Å². The summed E-state index contributed by atoms with van der Waals surface area (Å²) in [6.45, 7) is 3.59. The van der Waals surface area contributed by atoms with E-state index in [0.29, 0.717) is 11.8 Å². The van der Waals surface area contributed by atoms with Crippen molar-refractivity contribution in [2.24, 2.45) is 23.7 Å². The summed E-state index contributed by atoms with van der Waals surface area (Å²) in [7, 11) is 0. The van der Waals surface area contributed by atoms with E-state index in [2.05, 4.69) is 13.0 Å². The van der Waals surface area contributed by atoms with Gasteiger partial charge in [0, 0.05) is 12.8 Å². The summed E-state index contributed by atoms with van der Waals surface area (Å²) in [5.74, 6) is -1.79. The molecule has 0 radical (unpaired) electrons. The zero-order valence-corrected chi connectivity index (χ0v) is 14.5. The van der Waals surface area contributed by atoms with Gasteiger partial charge >= 0.3 is 0 Å². The van der Waals surface area contributed by atoms with Gasteiger partial charge in [0.15, 0.2) is 6.17 Å². The average molecular weight is 340 g/mol. The second-order valence-electron chi connectivity index (χ2n) is 7.35.